The van der Waals surface area contributed by atoms with Crippen molar-refractivity contribution in [3.05, 3.63) is 71.3 Å². The third kappa shape index (κ3) is 0.202. The Hall–Kier alpha value is -1.92. The summed E-state index contributed by atoms with van der Waals surface area (Å²) in [6.07, 6.45) is 0. The molecule has 0 amide bonds. The molecule has 0 saturated carbocycles. The van der Waals surface area contributed by atoms with E-state index in [0.717, 1.165) is 11.1 Å². The van der Waals surface area contributed by atoms with Crippen LogP contribution in [0.25, 0.3) is 0 Å². The molecule has 0 bridgehead atoms. The van der Waals surface area contributed by atoms with Crippen LogP contribution in [0.15, 0.2) is 54.6 Å². The normalized spacial score (nSPS) is 78.0. The van der Waals surface area contributed by atoms with Gasteiger partial charge < -0.3 is 0 Å². The molecule has 12 rings (SSSR count). The molecule has 10 aliphatic rings. The molecule has 2 aromatic rings. The summed E-state index contributed by atoms with van der Waals surface area (Å²) < 4.78 is 0.693. The molecule has 0 nitrogen and oxygen atoms in total. The Morgan fingerprint density at radius 2 is 1.15 bits per heavy atom. The fraction of sp³-hybridized carbons (Fsp3) is 0.385. The van der Waals surface area contributed by atoms with E-state index in [1.54, 1.807) is 0 Å². The number of benzene rings is 2. The van der Waals surface area contributed by atoms with E-state index in [1.807, 2.05) is 6.07 Å². The zero-order valence-corrected chi connectivity index (χ0v) is 15.9. The van der Waals surface area contributed by atoms with Crippen LogP contribution >= 0.6 is 0 Å². The van der Waals surface area contributed by atoms with Gasteiger partial charge in [0.1, 0.15) is 0 Å². The molecular weight excluding hydrogens is 368 g/mol. The molecule has 10 fully saturated rings. The van der Waals surface area contributed by atoms with Crippen molar-refractivity contribution in [1.82, 2.24) is 0 Å². The zero-order chi connectivity index (χ0) is 16.9. The third-order valence-electron chi connectivity index (χ3n) is 17.1. The van der Waals surface area contributed by atoms with E-state index in [0.29, 0.717) is 4.31 Å². The Bertz CT molecular complexity index is 1630. The fourth-order valence-corrected chi connectivity index (χ4v) is 91.0. The van der Waals surface area contributed by atoms with Crippen molar-refractivity contribution in [3.8, 4) is 23.7 Å². The summed E-state index contributed by atoms with van der Waals surface area (Å²) in [5, 5.41) is 0. The maximum absolute atomic E-state index is 4.11. The topological polar surface area (TPSA) is 0 Å². The van der Waals surface area contributed by atoms with Gasteiger partial charge in [0.25, 0.3) is 0 Å². The van der Waals surface area contributed by atoms with Gasteiger partial charge in [-0.05, 0) is 0 Å². The van der Waals surface area contributed by atoms with E-state index in [-0.39, 0.29) is 0 Å². The van der Waals surface area contributed by atoms with Crippen molar-refractivity contribution in [2.45, 2.75) is 47.7 Å². The summed E-state index contributed by atoms with van der Waals surface area (Å²) in [6.45, 7) is -3.05. The predicted octanol–water partition coefficient (Wildman–Crippen LogP) is 6.20. The monoisotopic (exact) mass is 386 g/mol. The molecule has 10 saturated heterocycles. The molecule has 27 heavy (non-hydrogen) atoms. The molecule has 0 radical (unpaired) electrons. The van der Waals surface area contributed by atoms with Crippen molar-refractivity contribution in [3.63, 3.8) is 0 Å². The molecule has 2 aromatic carbocycles. The standard InChI is InChI=1S/C21H13.C5H5.Fe/c1-2-8-18(9-3-1)14-16-20-12-6-7-13-21(20)17-15-19-10-4-5-11-19;1-2-4-5-3-1;/h1-13H;1-5H;. The first-order valence-electron chi connectivity index (χ1n) is 10.5. The van der Waals surface area contributed by atoms with Crippen molar-refractivity contribution < 1.29 is 6.51 Å². The molecular formula is C26H18Fe. The molecule has 0 aliphatic carbocycles. The van der Waals surface area contributed by atoms with Gasteiger partial charge in [0.05, 0.1) is 0 Å². The average Bonchev–Trinajstić information content (AvgIpc) is 3.66. The summed E-state index contributed by atoms with van der Waals surface area (Å²) in [5.41, 5.74) is 3.37. The van der Waals surface area contributed by atoms with Crippen LogP contribution in [0.1, 0.15) is 16.7 Å². The van der Waals surface area contributed by atoms with Gasteiger partial charge in [-0.1, -0.05) is 0 Å². The van der Waals surface area contributed by atoms with Crippen LogP contribution in [0.2, 0.25) is 47.7 Å². The second-order valence-electron chi connectivity index (χ2n) is 13.1. The van der Waals surface area contributed by atoms with E-state index in [9.17, 15) is 0 Å². The third-order valence-corrected chi connectivity index (χ3v) is 59.3. The van der Waals surface area contributed by atoms with E-state index in [2.05, 4.69) is 72.2 Å². The number of hydrogen-bond donors (Lipinski definition) is 0. The summed E-state index contributed by atoms with van der Waals surface area (Å²) in [6, 6.07) is 18.9. The average molecular weight is 386 g/mol. The van der Waals surface area contributed by atoms with Gasteiger partial charge in [-0.2, -0.15) is 0 Å². The van der Waals surface area contributed by atoms with Crippen molar-refractivity contribution in [2.75, 3.05) is 0 Å². The number of fused-ring (bicyclic) bond motifs is 10. The van der Waals surface area contributed by atoms with Gasteiger partial charge in [-0.15, -0.1) is 0 Å². The van der Waals surface area contributed by atoms with Gasteiger partial charge in [0, 0.05) is 0 Å². The summed E-state index contributed by atoms with van der Waals surface area (Å²) in [5.74, 6) is 14.6. The van der Waals surface area contributed by atoms with Crippen LogP contribution in [-0.4, -0.2) is 0 Å². The Morgan fingerprint density at radius 1 is 0.593 bits per heavy atom. The van der Waals surface area contributed by atoms with Crippen molar-refractivity contribution in [2.24, 2.45) is 0 Å². The molecule has 1 spiro atoms. The van der Waals surface area contributed by atoms with Crippen LogP contribution in [0.3, 0.4) is 0 Å². The fourth-order valence-electron chi connectivity index (χ4n) is 18.0. The van der Waals surface area contributed by atoms with Gasteiger partial charge >= 0.3 is 149 Å². The molecule has 10 heterocycles. The van der Waals surface area contributed by atoms with Crippen LogP contribution in [0.5, 0.6) is 0 Å². The summed E-state index contributed by atoms with van der Waals surface area (Å²) in [4.78, 5) is 12.0. The Kier molecular flexibility index (Phi) is 0.552. The quantitative estimate of drug-likeness (QED) is 0.374. The van der Waals surface area contributed by atoms with Gasteiger partial charge in [-0.25, -0.2) is 0 Å². The Balaban J connectivity index is 1.07. The van der Waals surface area contributed by atoms with Crippen LogP contribution in [0.4, 0.5) is 0 Å². The molecule has 10 aliphatic heterocycles. The Labute approximate surface area is 149 Å². The number of rotatable bonds is 0. The molecule has 130 valence electrons. The van der Waals surface area contributed by atoms with E-state index < -0.39 is 6.51 Å². The van der Waals surface area contributed by atoms with E-state index >= 15 is 0 Å². The molecule has 4 unspecified atom stereocenters. The van der Waals surface area contributed by atoms with Crippen molar-refractivity contribution in [1.29, 1.82) is 0 Å². The Morgan fingerprint density at radius 3 is 1.67 bits per heavy atom. The van der Waals surface area contributed by atoms with Crippen LogP contribution < -0.4 is 0 Å². The first kappa shape index (κ1) is 11.2. The van der Waals surface area contributed by atoms with E-state index in [1.165, 1.54) is 48.9 Å². The SMILES string of the molecule is C(#Cc1ccccc1C#C[C]12[CH]3[CH]4[CH]5[CH]1[Fe]45321678[CH]2[CH]1[CH]6[CH]7[CH]28)c1ccccc1. The predicted molar refractivity (Wildman–Crippen MR) is 102 cm³/mol. The number of hydrogen-bond acceptors (Lipinski definition) is 0. The first-order valence-corrected chi connectivity index (χ1v) is 16.8. The summed E-state index contributed by atoms with van der Waals surface area (Å²) >= 11 is 0. The van der Waals surface area contributed by atoms with E-state index in [4.69, 9.17) is 0 Å². The maximum atomic E-state index is 4.11. The second kappa shape index (κ2) is 1.33. The minimum atomic E-state index is -3.05. The van der Waals surface area contributed by atoms with Crippen LogP contribution in [0, 0.1) is 23.7 Å². The summed E-state index contributed by atoms with van der Waals surface area (Å²) in [7, 11) is 0. The zero-order valence-electron chi connectivity index (χ0n) is 14.7. The molecule has 0 aromatic heterocycles. The molecule has 0 N–H and O–H groups in total. The minimum absolute atomic E-state index is 0.693. The van der Waals surface area contributed by atoms with Gasteiger partial charge in [0.15, 0.2) is 0 Å². The second-order valence-corrected chi connectivity index (χ2v) is 36.6. The van der Waals surface area contributed by atoms with Gasteiger partial charge in [0.2, 0.25) is 0 Å². The molecule has 4 atom stereocenters. The van der Waals surface area contributed by atoms with Gasteiger partial charge in [-0.3, -0.25) is 0 Å². The first-order chi connectivity index (χ1) is 13.1. The van der Waals surface area contributed by atoms with Crippen LogP contribution in [-0.2, 0) is 6.51 Å². The van der Waals surface area contributed by atoms with Crippen molar-refractivity contribution >= 4 is 0 Å². The molecule has 1 heteroatoms.